The molecule has 6 nitrogen and oxygen atoms in total. The van der Waals surface area contributed by atoms with Crippen LogP contribution in [-0.4, -0.2) is 47.7 Å². The average molecular weight is 389 g/mol. The first-order valence-corrected chi connectivity index (χ1v) is 9.66. The quantitative estimate of drug-likeness (QED) is 0.728. The van der Waals surface area contributed by atoms with Gasteiger partial charge in [-0.15, -0.1) is 0 Å². The maximum absolute atomic E-state index is 13.9. The molecule has 1 saturated heterocycles. The van der Waals surface area contributed by atoms with Crippen LogP contribution < -0.4 is 4.74 Å². The molecule has 7 heteroatoms. The van der Waals surface area contributed by atoms with Crippen molar-refractivity contribution < 1.29 is 18.7 Å². The Bertz CT molecular complexity index is 813. The molecule has 0 bridgehead atoms. The van der Waals surface area contributed by atoms with Gasteiger partial charge in [0.15, 0.2) is 11.6 Å². The van der Waals surface area contributed by atoms with Crippen molar-refractivity contribution in [1.82, 2.24) is 14.5 Å². The van der Waals surface area contributed by atoms with Gasteiger partial charge in [-0.3, -0.25) is 4.79 Å². The lowest BCUT2D eigenvalue weighted by Gasteiger charge is -2.32. The maximum atomic E-state index is 13.9. The number of methoxy groups -OCH3 is 2. The number of hydrogen-bond donors (Lipinski definition) is 0. The van der Waals surface area contributed by atoms with Gasteiger partial charge in [-0.1, -0.05) is 0 Å². The third-order valence-electron chi connectivity index (χ3n) is 5.47. The fourth-order valence-corrected chi connectivity index (χ4v) is 3.78. The summed E-state index contributed by atoms with van der Waals surface area (Å²) in [6, 6.07) is 4.38. The highest BCUT2D eigenvalue weighted by molar-refractivity contribution is 5.94. The Labute approximate surface area is 165 Å². The van der Waals surface area contributed by atoms with Crippen molar-refractivity contribution in [2.24, 2.45) is 5.92 Å². The monoisotopic (exact) mass is 389 g/mol. The minimum atomic E-state index is -0.509. The highest BCUT2D eigenvalue weighted by atomic mass is 19.1. The summed E-state index contributed by atoms with van der Waals surface area (Å²) in [5, 5.41) is 0. The lowest BCUT2D eigenvalue weighted by Crippen LogP contribution is -2.38. The van der Waals surface area contributed by atoms with E-state index in [1.165, 1.54) is 19.2 Å². The largest absolute Gasteiger partial charge is 0.494 e. The van der Waals surface area contributed by atoms with E-state index < -0.39 is 5.82 Å². The SMILES string of the molecule is COCc1ncc(C)n1CCC1CCN(C(=O)c2ccc(OC)c(F)c2)CC1. The van der Waals surface area contributed by atoms with Crippen LogP contribution in [0.4, 0.5) is 4.39 Å². The molecule has 1 aromatic carbocycles. The molecule has 2 heterocycles. The highest BCUT2D eigenvalue weighted by Crippen LogP contribution is 2.24. The molecule has 0 radical (unpaired) electrons. The number of rotatable bonds is 7. The minimum absolute atomic E-state index is 0.118. The van der Waals surface area contributed by atoms with E-state index in [0.717, 1.165) is 37.3 Å². The van der Waals surface area contributed by atoms with Crippen LogP contribution in [0.15, 0.2) is 24.4 Å². The van der Waals surface area contributed by atoms with Gasteiger partial charge in [0.05, 0.1) is 7.11 Å². The molecule has 2 aromatic rings. The van der Waals surface area contributed by atoms with E-state index >= 15 is 0 Å². The number of likely N-dealkylation sites (tertiary alicyclic amines) is 1. The number of amides is 1. The fourth-order valence-electron chi connectivity index (χ4n) is 3.78. The molecule has 1 aliphatic rings. The van der Waals surface area contributed by atoms with Crippen LogP contribution in [0.5, 0.6) is 5.75 Å². The summed E-state index contributed by atoms with van der Waals surface area (Å²) in [6.45, 7) is 4.88. The molecule has 152 valence electrons. The Kier molecular flexibility index (Phi) is 6.67. The Hall–Kier alpha value is -2.41. The smallest absolute Gasteiger partial charge is 0.253 e. The van der Waals surface area contributed by atoms with E-state index in [1.807, 2.05) is 11.1 Å². The van der Waals surface area contributed by atoms with Crippen LogP contribution in [0.2, 0.25) is 0 Å². The van der Waals surface area contributed by atoms with Crippen molar-refractivity contribution >= 4 is 5.91 Å². The van der Waals surface area contributed by atoms with Crippen molar-refractivity contribution in [1.29, 1.82) is 0 Å². The second-order valence-corrected chi connectivity index (χ2v) is 7.27. The van der Waals surface area contributed by atoms with Crippen LogP contribution in [0.1, 0.15) is 41.1 Å². The lowest BCUT2D eigenvalue weighted by atomic mass is 9.93. The molecule has 3 rings (SSSR count). The van der Waals surface area contributed by atoms with Crippen LogP contribution in [0, 0.1) is 18.7 Å². The van der Waals surface area contributed by atoms with Crippen molar-refractivity contribution in [3.63, 3.8) is 0 Å². The fraction of sp³-hybridized carbons (Fsp3) is 0.524. The number of carbonyl (C=O) groups is 1. The van der Waals surface area contributed by atoms with E-state index in [-0.39, 0.29) is 11.7 Å². The summed E-state index contributed by atoms with van der Waals surface area (Å²) in [6.07, 6.45) is 4.84. The molecule has 1 aromatic heterocycles. The van der Waals surface area contributed by atoms with Crippen molar-refractivity contribution in [2.45, 2.75) is 39.3 Å². The first kappa shape index (κ1) is 20.3. The Balaban J connectivity index is 1.52. The number of carbonyl (C=O) groups excluding carboxylic acids is 1. The Morgan fingerprint density at radius 3 is 2.68 bits per heavy atom. The summed E-state index contributed by atoms with van der Waals surface area (Å²) in [5.41, 5.74) is 1.51. The van der Waals surface area contributed by atoms with Gasteiger partial charge in [0, 0.05) is 44.2 Å². The van der Waals surface area contributed by atoms with Crippen molar-refractivity contribution in [3.8, 4) is 5.75 Å². The number of nitrogens with zero attached hydrogens (tertiary/aromatic N) is 3. The van der Waals surface area contributed by atoms with Gasteiger partial charge in [0.2, 0.25) is 0 Å². The van der Waals surface area contributed by atoms with E-state index in [1.54, 1.807) is 13.2 Å². The highest BCUT2D eigenvalue weighted by Gasteiger charge is 2.24. The van der Waals surface area contributed by atoms with Gasteiger partial charge in [0.25, 0.3) is 5.91 Å². The molecule has 0 saturated carbocycles. The predicted octanol–water partition coefficient (Wildman–Crippen LogP) is 3.43. The van der Waals surface area contributed by atoms with Gasteiger partial charge in [0.1, 0.15) is 12.4 Å². The molecule has 1 amide bonds. The lowest BCUT2D eigenvalue weighted by molar-refractivity contribution is 0.0684. The normalized spacial score (nSPS) is 15.1. The predicted molar refractivity (Wildman–Crippen MR) is 104 cm³/mol. The minimum Gasteiger partial charge on any atom is -0.494 e. The molecule has 0 atom stereocenters. The number of hydrogen-bond acceptors (Lipinski definition) is 4. The van der Waals surface area contributed by atoms with E-state index in [4.69, 9.17) is 9.47 Å². The maximum Gasteiger partial charge on any atom is 0.253 e. The molecule has 1 fully saturated rings. The van der Waals surface area contributed by atoms with E-state index in [0.29, 0.717) is 31.2 Å². The summed E-state index contributed by atoms with van der Waals surface area (Å²) >= 11 is 0. The number of imidazole rings is 1. The van der Waals surface area contributed by atoms with Crippen LogP contribution in [0.25, 0.3) is 0 Å². The number of ether oxygens (including phenoxy) is 2. The van der Waals surface area contributed by atoms with Gasteiger partial charge >= 0.3 is 0 Å². The van der Waals surface area contributed by atoms with Crippen LogP contribution in [-0.2, 0) is 17.9 Å². The zero-order valence-corrected chi connectivity index (χ0v) is 16.8. The van der Waals surface area contributed by atoms with Gasteiger partial charge in [-0.05, 0) is 50.3 Å². The van der Waals surface area contributed by atoms with Gasteiger partial charge in [-0.2, -0.15) is 0 Å². The zero-order chi connectivity index (χ0) is 20.1. The molecule has 0 N–H and O–H groups in total. The van der Waals surface area contributed by atoms with Crippen molar-refractivity contribution in [3.05, 3.63) is 47.3 Å². The van der Waals surface area contributed by atoms with Gasteiger partial charge < -0.3 is 18.9 Å². The second-order valence-electron chi connectivity index (χ2n) is 7.27. The molecule has 28 heavy (non-hydrogen) atoms. The third-order valence-corrected chi connectivity index (χ3v) is 5.47. The molecular formula is C21H28FN3O3. The number of aromatic nitrogens is 2. The molecular weight excluding hydrogens is 361 g/mol. The average Bonchev–Trinajstić information content (AvgIpc) is 3.06. The third kappa shape index (κ3) is 4.52. The number of benzene rings is 1. The molecule has 0 unspecified atom stereocenters. The molecule has 0 spiro atoms. The molecule has 0 aliphatic carbocycles. The van der Waals surface area contributed by atoms with E-state index in [2.05, 4.69) is 16.5 Å². The summed E-state index contributed by atoms with van der Waals surface area (Å²) in [7, 11) is 3.09. The van der Waals surface area contributed by atoms with E-state index in [9.17, 15) is 9.18 Å². The van der Waals surface area contributed by atoms with Crippen molar-refractivity contribution in [2.75, 3.05) is 27.3 Å². The van der Waals surface area contributed by atoms with Crippen LogP contribution >= 0.6 is 0 Å². The Morgan fingerprint density at radius 2 is 2.04 bits per heavy atom. The first-order chi connectivity index (χ1) is 13.5. The van der Waals surface area contributed by atoms with Gasteiger partial charge in [-0.25, -0.2) is 9.37 Å². The number of piperidine rings is 1. The number of halogens is 1. The topological polar surface area (TPSA) is 56.6 Å². The summed E-state index contributed by atoms with van der Waals surface area (Å²) in [4.78, 5) is 18.9. The first-order valence-electron chi connectivity index (χ1n) is 9.66. The number of aryl methyl sites for hydroxylation is 1. The summed E-state index contributed by atoms with van der Waals surface area (Å²) < 4.78 is 26.2. The summed E-state index contributed by atoms with van der Waals surface area (Å²) in [5.74, 6) is 1.04. The molecule has 1 aliphatic heterocycles. The van der Waals surface area contributed by atoms with Crippen LogP contribution in [0.3, 0.4) is 0 Å². The zero-order valence-electron chi connectivity index (χ0n) is 16.8. The standard InChI is InChI=1S/C21H28FN3O3/c1-15-13-23-20(14-27-2)25(15)11-8-16-6-9-24(10-7-16)21(26)17-4-5-19(28-3)18(22)12-17/h4-5,12-13,16H,6-11,14H2,1-3H3. The Morgan fingerprint density at radius 1 is 1.29 bits per heavy atom. The second kappa shape index (κ2) is 9.19.